The Labute approximate surface area is 137 Å². The van der Waals surface area contributed by atoms with Crippen molar-refractivity contribution in [2.75, 3.05) is 0 Å². The molecule has 0 saturated heterocycles. The molecule has 0 aromatic heterocycles. The average molecular weight is 449 g/mol. The minimum absolute atomic E-state index is 0.0482. The van der Waals surface area contributed by atoms with Crippen LogP contribution in [-0.2, 0) is 19.4 Å². The van der Waals surface area contributed by atoms with Gasteiger partial charge in [0, 0.05) is 0 Å². The first-order valence-corrected chi connectivity index (χ1v) is 8.47. The van der Waals surface area contributed by atoms with Gasteiger partial charge in [0.25, 0.3) is 0 Å². The minimum atomic E-state index is -0.0482. The molecule has 0 spiro atoms. The van der Waals surface area contributed by atoms with Crippen LogP contribution in [-0.4, -0.2) is 9.93 Å². The van der Waals surface area contributed by atoms with Gasteiger partial charge in [-0.2, -0.15) is 0 Å². The summed E-state index contributed by atoms with van der Waals surface area (Å²) in [5, 5.41) is 3.02. The van der Waals surface area contributed by atoms with Crippen LogP contribution in [0.4, 0.5) is 0 Å². The summed E-state index contributed by atoms with van der Waals surface area (Å²) < 4.78 is 0.969. The van der Waals surface area contributed by atoms with E-state index in [1.165, 1.54) is 30.5 Å². The topological polar surface area (TPSA) is 29.1 Å². The molecule has 2 rings (SSSR count). The summed E-state index contributed by atoms with van der Waals surface area (Å²) >= 11 is 1.26. The van der Waals surface area contributed by atoms with Gasteiger partial charge in [-0.1, -0.05) is 0 Å². The van der Waals surface area contributed by atoms with Crippen LogP contribution in [0.5, 0.6) is 0 Å². The molecule has 0 bridgehead atoms. The van der Waals surface area contributed by atoms with Crippen LogP contribution in [0.15, 0.2) is 48.5 Å². The molecule has 0 aliphatic heterocycles. The molecule has 0 saturated carbocycles. The van der Waals surface area contributed by atoms with Gasteiger partial charge in [-0.15, -0.1) is 0 Å². The molecule has 2 nitrogen and oxygen atoms in total. The summed E-state index contributed by atoms with van der Waals surface area (Å²) in [6.07, 6.45) is 0. The van der Waals surface area contributed by atoms with Gasteiger partial charge in [-0.3, -0.25) is 0 Å². The van der Waals surface area contributed by atoms with Crippen molar-refractivity contribution in [2.45, 2.75) is 26.7 Å². The molecular formula is C18H19NOW. The van der Waals surface area contributed by atoms with Crippen LogP contribution in [0.3, 0.4) is 0 Å². The molecule has 2 aromatic rings. The molecule has 0 unspecified atom stereocenters. The maximum absolute atomic E-state index is 12.2. The molecular weight excluding hydrogens is 430 g/mol. The number of aryl methyl sites for hydroxylation is 1. The summed E-state index contributed by atoms with van der Waals surface area (Å²) in [6.45, 7) is 6.47. The molecule has 0 atom stereocenters. The van der Waals surface area contributed by atoms with Crippen LogP contribution in [0.25, 0.3) is 0 Å². The molecule has 0 radical (unpaired) electrons. The Bertz CT molecular complexity index is 662. The van der Waals surface area contributed by atoms with Crippen LogP contribution < -0.4 is 5.32 Å². The number of carbonyl (C=O) groups is 1. The van der Waals surface area contributed by atoms with Crippen molar-refractivity contribution in [1.82, 2.24) is 5.32 Å². The molecule has 0 fully saturated rings. The van der Waals surface area contributed by atoms with Crippen LogP contribution >= 0.6 is 0 Å². The number of benzene rings is 2. The van der Waals surface area contributed by atoms with E-state index >= 15 is 0 Å². The van der Waals surface area contributed by atoms with E-state index in [-0.39, 0.29) is 5.91 Å². The first-order valence-electron chi connectivity index (χ1n) is 7.00. The molecule has 108 valence electrons. The molecule has 3 heteroatoms. The zero-order chi connectivity index (χ0) is 15.4. The van der Waals surface area contributed by atoms with Crippen molar-refractivity contribution in [1.29, 1.82) is 0 Å². The molecule has 0 aliphatic carbocycles. The van der Waals surface area contributed by atoms with Gasteiger partial charge >= 0.3 is 137 Å². The fraction of sp³-hybridized carbons (Fsp3) is 0.222. The Morgan fingerprint density at radius 2 is 1.76 bits per heavy atom. The number of rotatable bonds is 4. The third-order valence-electron chi connectivity index (χ3n) is 3.42. The van der Waals surface area contributed by atoms with Gasteiger partial charge in [0.2, 0.25) is 0 Å². The number of nitrogens with one attached hydrogen (secondary N) is 1. The normalized spacial score (nSPS) is 10.5. The zero-order valence-corrected chi connectivity index (χ0v) is 15.4. The predicted octanol–water partition coefficient (Wildman–Crippen LogP) is 3.57. The fourth-order valence-corrected chi connectivity index (χ4v) is 3.29. The Hall–Kier alpha value is -1.53. The van der Waals surface area contributed by atoms with E-state index in [9.17, 15) is 4.79 Å². The summed E-state index contributed by atoms with van der Waals surface area (Å²) in [5.41, 5.74) is 4.35. The van der Waals surface area contributed by atoms with E-state index in [1.807, 2.05) is 30.3 Å². The SMILES string of the molecule is Cc1cc(C(C)C)ccc1[C](=[W])NC(=O)c1ccccc1. The first kappa shape index (κ1) is 15.8. The summed E-state index contributed by atoms with van der Waals surface area (Å²) in [5.74, 6) is 0.470. The van der Waals surface area contributed by atoms with Crippen molar-refractivity contribution >= 4 is 9.93 Å². The van der Waals surface area contributed by atoms with Gasteiger partial charge in [0.1, 0.15) is 0 Å². The summed E-state index contributed by atoms with van der Waals surface area (Å²) in [7, 11) is 0. The Kier molecular flexibility index (Phi) is 5.25. The van der Waals surface area contributed by atoms with E-state index < -0.39 is 0 Å². The van der Waals surface area contributed by atoms with Crippen LogP contribution in [0.2, 0.25) is 0 Å². The van der Waals surface area contributed by atoms with E-state index in [2.05, 4.69) is 44.3 Å². The van der Waals surface area contributed by atoms with Crippen LogP contribution in [0, 0.1) is 6.92 Å². The van der Waals surface area contributed by atoms with Crippen molar-refractivity contribution in [3.8, 4) is 0 Å². The number of hydrogen-bond donors (Lipinski definition) is 1. The zero-order valence-electron chi connectivity index (χ0n) is 12.5. The Balaban J connectivity index is 2.16. The molecule has 1 amide bonds. The van der Waals surface area contributed by atoms with Gasteiger partial charge in [-0.25, -0.2) is 0 Å². The standard InChI is InChI=1S/C18H19NO.W/c1-13(2)16-9-10-17(14(3)11-16)12-19-18(20)15-7-5-4-6-8-15;/h4-11,13H,1-3H3,(H,19,20);. The Morgan fingerprint density at radius 3 is 2.33 bits per heavy atom. The van der Waals surface area contributed by atoms with Crippen molar-refractivity contribution < 1.29 is 24.1 Å². The Morgan fingerprint density at radius 1 is 1.10 bits per heavy atom. The molecule has 2 aromatic carbocycles. The summed E-state index contributed by atoms with van der Waals surface area (Å²) in [6, 6.07) is 15.8. The third-order valence-corrected chi connectivity index (χ3v) is 4.58. The van der Waals surface area contributed by atoms with Gasteiger partial charge < -0.3 is 0 Å². The van der Waals surface area contributed by atoms with E-state index in [0.29, 0.717) is 11.5 Å². The van der Waals surface area contributed by atoms with Crippen molar-refractivity contribution in [3.05, 3.63) is 70.8 Å². The van der Waals surface area contributed by atoms with E-state index in [1.54, 1.807) is 0 Å². The van der Waals surface area contributed by atoms with Crippen molar-refractivity contribution in [2.24, 2.45) is 0 Å². The van der Waals surface area contributed by atoms with E-state index in [4.69, 9.17) is 0 Å². The van der Waals surface area contributed by atoms with Gasteiger partial charge in [0.05, 0.1) is 0 Å². The van der Waals surface area contributed by atoms with Gasteiger partial charge in [-0.05, 0) is 0 Å². The number of hydrogen-bond acceptors (Lipinski definition) is 1. The maximum atomic E-state index is 12.2. The van der Waals surface area contributed by atoms with Crippen molar-refractivity contribution in [3.63, 3.8) is 0 Å². The third kappa shape index (κ3) is 3.98. The fourth-order valence-electron chi connectivity index (χ4n) is 2.13. The second kappa shape index (κ2) is 6.95. The summed E-state index contributed by atoms with van der Waals surface area (Å²) in [4.78, 5) is 12.2. The number of amides is 1. The first-order chi connectivity index (χ1) is 9.99. The second-order valence-corrected chi connectivity index (χ2v) is 6.85. The van der Waals surface area contributed by atoms with Gasteiger partial charge in [0.15, 0.2) is 0 Å². The second-order valence-electron chi connectivity index (χ2n) is 5.38. The monoisotopic (exact) mass is 449 g/mol. The quantitative estimate of drug-likeness (QED) is 0.760. The molecule has 1 N–H and O–H groups in total. The number of carbonyl (C=O) groups excluding carboxylic acids is 1. The van der Waals surface area contributed by atoms with Crippen LogP contribution in [0.1, 0.15) is 46.8 Å². The van der Waals surface area contributed by atoms with E-state index in [0.717, 1.165) is 9.59 Å². The molecule has 0 aliphatic rings. The predicted molar refractivity (Wildman–Crippen MR) is 83.3 cm³/mol. The molecule has 21 heavy (non-hydrogen) atoms. The average Bonchev–Trinajstić information content (AvgIpc) is 2.47. The molecule has 0 heterocycles.